The fourth-order valence-electron chi connectivity index (χ4n) is 3.71. The number of carbonyl (C=O) groups excluding carboxylic acids is 1. The van der Waals surface area contributed by atoms with Gasteiger partial charge in [0.2, 0.25) is 0 Å². The first-order valence-corrected chi connectivity index (χ1v) is 12.5. The molecule has 4 heteroatoms. The highest BCUT2D eigenvalue weighted by atomic mass is 17.5. The molecule has 0 amide bonds. The Morgan fingerprint density at radius 3 is 1.94 bits per heavy atom. The van der Waals surface area contributed by atoms with Gasteiger partial charge in [0, 0.05) is 0 Å². The van der Waals surface area contributed by atoms with Crippen LogP contribution in [0.25, 0.3) is 0 Å². The molecule has 0 aliphatic heterocycles. The van der Waals surface area contributed by atoms with Crippen molar-refractivity contribution in [3.8, 4) is 0 Å². The first-order valence-electron chi connectivity index (χ1n) is 12.5. The Balaban J connectivity index is 2.31. The topological polar surface area (TPSA) is 44.8 Å². The molecule has 0 aliphatic rings. The fourth-order valence-corrected chi connectivity index (χ4v) is 3.71. The molecule has 1 aromatic carbocycles. The summed E-state index contributed by atoms with van der Waals surface area (Å²) in [5.41, 5.74) is 1.58. The molecule has 31 heavy (non-hydrogen) atoms. The second-order valence-electron chi connectivity index (χ2n) is 9.81. The summed E-state index contributed by atoms with van der Waals surface area (Å²) in [5, 5.41) is 4.76. The van der Waals surface area contributed by atoms with Gasteiger partial charge in [0.1, 0.15) is 0 Å². The minimum absolute atomic E-state index is 0.327. The normalized spacial score (nSPS) is 12.7. The van der Waals surface area contributed by atoms with Crippen molar-refractivity contribution in [1.29, 1.82) is 0 Å². The van der Waals surface area contributed by atoms with Gasteiger partial charge in [-0.3, -0.25) is 4.89 Å². The largest absolute Gasteiger partial charge is 0.353 e. The summed E-state index contributed by atoms with van der Waals surface area (Å²) >= 11 is 0. The minimum atomic E-state index is -0.533. The molecule has 0 fully saturated rings. The Hall–Kier alpha value is -1.39. The molecule has 0 spiro atoms. The number of hydrogen-bond donors (Lipinski definition) is 0. The predicted octanol–water partition coefficient (Wildman–Crippen LogP) is 8.37. The van der Waals surface area contributed by atoms with E-state index >= 15 is 0 Å². The molecule has 1 atom stereocenters. The van der Waals surface area contributed by atoms with E-state index in [2.05, 4.69) is 13.0 Å². The van der Waals surface area contributed by atoms with Crippen LogP contribution in [0.1, 0.15) is 128 Å². The van der Waals surface area contributed by atoms with E-state index in [0.717, 1.165) is 30.4 Å². The average molecular weight is 435 g/mol. The second-order valence-corrected chi connectivity index (χ2v) is 9.81. The molecule has 0 bridgehead atoms. The van der Waals surface area contributed by atoms with Gasteiger partial charge < -0.3 is 0 Å². The van der Waals surface area contributed by atoms with Crippen LogP contribution in [0.5, 0.6) is 0 Å². The van der Waals surface area contributed by atoms with E-state index in [1.807, 2.05) is 45.9 Å². The van der Waals surface area contributed by atoms with Gasteiger partial charge in [0.05, 0.1) is 11.5 Å². The zero-order valence-corrected chi connectivity index (χ0v) is 20.7. The maximum atomic E-state index is 12.6. The van der Waals surface area contributed by atoms with E-state index in [9.17, 15) is 4.79 Å². The molecule has 1 rings (SSSR count). The van der Waals surface area contributed by atoms with Gasteiger partial charge in [-0.25, -0.2) is 4.79 Å². The second kappa shape index (κ2) is 16.3. The van der Waals surface area contributed by atoms with E-state index in [4.69, 9.17) is 14.8 Å². The minimum Gasteiger partial charge on any atom is -0.268 e. The zero-order valence-electron chi connectivity index (χ0n) is 20.7. The van der Waals surface area contributed by atoms with Crippen molar-refractivity contribution in [2.45, 2.75) is 130 Å². The lowest BCUT2D eigenvalue weighted by Gasteiger charge is -2.18. The molecule has 0 radical (unpaired) electrons. The number of carbonyl (C=O) groups is 1. The molecule has 0 saturated heterocycles. The summed E-state index contributed by atoms with van der Waals surface area (Å²) in [6.07, 6.45) is 16.4. The smallest absolute Gasteiger partial charge is 0.268 e. The summed E-state index contributed by atoms with van der Waals surface area (Å²) in [6, 6.07) is 8.07. The van der Waals surface area contributed by atoms with Crippen molar-refractivity contribution < 1.29 is 19.6 Å². The van der Waals surface area contributed by atoms with E-state index in [0.29, 0.717) is 0 Å². The van der Waals surface area contributed by atoms with Crippen LogP contribution in [0.3, 0.4) is 0 Å². The highest BCUT2D eigenvalue weighted by Gasteiger charge is 2.24. The van der Waals surface area contributed by atoms with Crippen molar-refractivity contribution in [2.24, 2.45) is 0 Å². The van der Waals surface area contributed by atoms with Crippen molar-refractivity contribution in [3.05, 3.63) is 35.4 Å². The lowest BCUT2D eigenvalue weighted by molar-refractivity contribution is -0.515. The summed E-state index contributed by atoms with van der Waals surface area (Å²) in [4.78, 5) is 22.7. The molecule has 1 unspecified atom stereocenters. The molecular formula is C27H46O4. The van der Waals surface area contributed by atoms with Crippen LogP contribution in [0.15, 0.2) is 24.3 Å². The van der Waals surface area contributed by atoms with Gasteiger partial charge in [-0.1, -0.05) is 114 Å². The van der Waals surface area contributed by atoms with Crippen molar-refractivity contribution in [2.75, 3.05) is 0 Å². The number of rotatable bonds is 17. The molecule has 0 aromatic heterocycles. The third kappa shape index (κ3) is 14.3. The Kier molecular flexibility index (Phi) is 14.5. The molecule has 178 valence electrons. The molecule has 4 nitrogen and oxygen atoms in total. The molecular weight excluding hydrogens is 388 g/mol. The van der Waals surface area contributed by atoms with Crippen LogP contribution in [0.2, 0.25) is 0 Å². The predicted molar refractivity (Wildman–Crippen MR) is 128 cm³/mol. The first kappa shape index (κ1) is 27.6. The zero-order chi connectivity index (χ0) is 23.0. The van der Waals surface area contributed by atoms with Gasteiger partial charge in [-0.15, -0.1) is 0 Å². The van der Waals surface area contributed by atoms with Gasteiger partial charge in [-0.05, 0) is 44.7 Å². The van der Waals surface area contributed by atoms with E-state index in [1.54, 1.807) is 0 Å². The van der Waals surface area contributed by atoms with Gasteiger partial charge in [-0.2, -0.15) is 4.89 Å². The lowest BCUT2D eigenvalue weighted by Crippen LogP contribution is -2.23. The quantitative estimate of drug-likeness (QED) is 0.140. The van der Waals surface area contributed by atoms with Crippen molar-refractivity contribution in [1.82, 2.24) is 0 Å². The van der Waals surface area contributed by atoms with Crippen LogP contribution in [0.4, 0.5) is 0 Å². The molecule has 0 heterocycles. The van der Waals surface area contributed by atoms with E-state index in [1.165, 1.54) is 64.2 Å². The van der Waals surface area contributed by atoms with Crippen LogP contribution in [-0.4, -0.2) is 11.6 Å². The Bertz CT molecular complexity index is 591. The lowest BCUT2D eigenvalue weighted by atomic mass is 9.92. The average Bonchev–Trinajstić information content (AvgIpc) is 2.70. The van der Waals surface area contributed by atoms with Crippen molar-refractivity contribution >= 4 is 5.97 Å². The summed E-state index contributed by atoms with van der Waals surface area (Å²) in [7, 11) is 0. The summed E-state index contributed by atoms with van der Waals surface area (Å²) in [6.45, 7) is 9.82. The highest BCUT2D eigenvalue weighted by Crippen LogP contribution is 2.26. The van der Waals surface area contributed by atoms with Crippen molar-refractivity contribution in [3.63, 3.8) is 0 Å². The number of aryl methyl sites for hydroxylation is 1. The van der Waals surface area contributed by atoms with Crippen LogP contribution in [0, 0.1) is 6.92 Å². The van der Waals surface area contributed by atoms with Gasteiger partial charge >= 0.3 is 5.97 Å². The summed E-state index contributed by atoms with van der Waals surface area (Å²) in [5.74, 6) is -0.718. The molecule has 0 saturated carbocycles. The number of unbranched alkanes of at least 4 members (excludes halogenated alkanes) is 11. The Morgan fingerprint density at radius 2 is 1.42 bits per heavy atom. The monoisotopic (exact) mass is 434 g/mol. The van der Waals surface area contributed by atoms with Gasteiger partial charge in [0.15, 0.2) is 0 Å². The van der Waals surface area contributed by atoms with E-state index < -0.39 is 11.6 Å². The van der Waals surface area contributed by atoms with Crippen LogP contribution >= 0.6 is 0 Å². The van der Waals surface area contributed by atoms with Crippen LogP contribution in [-0.2, 0) is 19.6 Å². The van der Waals surface area contributed by atoms with E-state index in [-0.39, 0.29) is 5.92 Å². The molecule has 0 N–H and O–H groups in total. The standard InChI is InChI=1S/C27H46O4/c1-6-7-8-9-10-11-12-13-14-15-16-17-21-25(24-20-18-19-23(2)22-24)26(28)29-31-30-27(3,4)5/h18-20,22,25H,6-17,21H2,1-5H3. The fraction of sp³-hybridized carbons (Fsp3) is 0.741. The Labute approximate surface area is 190 Å². The summed E-state index contributed by atoms with van der Waals surface area (Å²) < 4.78 is 0. The highest BCUT2D eigenvalue weighted by molar-refractivity contribution is 5.77. The number of benzene rings is 1. The third-order valence-electron chi connectivity index (χ3n) is 5.48. The van der Waals surface area contributed by atoms with Gasteiger partial charge in [0.25, 0.3) is 0 Å². The SMILES string of the molecule is CCCCCCCCCCCCCCC(C(=O)OOOC(C)(C)C)c1cccc(C)c1. The van der Waals surface area contributed by atoms with Crippen LogP contribution < -0.4 is 0 Å². The molecule has 0 aliphatic carbocycles. The number of hydrogen-bond acceptors (Lipinski definition) is 4. The first-order chi connectivity index (χ1) is 14.8. The Morgan fingerprint density at radius 1 is 0.871 bits per heavy atom. The maximum absolute atomic E-state index is 12.6. The molecule has 1 aromatic rings. The third-order valence-corrected chi connectivity index (χ3v) is 5.48. The maximum Gasteiger partial charge on any atom is 0.353 e.